The highest BCUT2D eigenvalue weighted by atomic mass is 16.6. The summed E-state index contributed by atoms with van der Waals surface area (Å²) < 4.78 is 10.9. The number of unbranched alkanes of at least 4 members (excludes halogenated alkanes) is 4. The molecule has 0 heterocycles. The zero-order valence-electron chi connectivity index (χ0n) is 16.9. The third-order valence-electron chi connectivity index (χ3n) is 3.78. The highest BCUT2D eigenvalue weighted by Crippen LogP contribution is 2.12. The van der Waals surface area contributed by atoms with Crippen molar-refractivity contribution in [1.82, 2.24) is 0 Å². The van der Waals surface area contributed by atoms with Crippen LogP contribution >= 0.6 is 0 Å². The lowest BCUT2D eigenvalue weighted by atomic mass is 10.1. The Morgan fingerprint density at radius 1 is 1.00 bits per heavy atom. The van der Waals surface area contributed by atoms with Crippen molar-refractivity contribution in [2.24, 2.45) is 0 Å². The van der Waals surface area contributed by atoms with Crippen LogP contribution in [0.1, 0.15) is 77.3 Å². The van der Waals surface area contributed by atoms with Gasteiger partial charge in [0.2, 0.25) is 0 Å². The molecule has 1 aromatic carbocycles. The minimum absolute atomic E-state index is 0.154. The highest BCUT2D eigenvalue weighted by molar-refractivity contribution is 5.70. The molecule has 0 atom stereocenters. The summed E-state index contributed by atoms with van der Waals surface area (Å²) in [5, 5.41) is 0. The Kier molecular flexibility index (Phi) is 10.7. The standard InChI is InChI=1S/C23H34O3/c1-5-6-7-8-9-10-11-18-25-19-21-14-12-20(13-15-21)16-17-22(24)26-23(2,3)4/h12-15H,5-9,16-19H2,1-4H3. The first kappa shape index (κ1) is 22.3. The Labute approximate surface area is 159 Å². The lowest BCUT2D eigenvalue weighted by molar-refractivity contribution is -0.154. The molecule has 0 unspecified atom stereocenters. The fraction of sp³-hybridized carbons (Fsp3) is 0.609. The quantitative estimate of drug-likeness (QED) is 0.317. The monoisotopic (exact) mass is 358 g/mol. The van der Waals surface area contributed by atoms with Gasteiger partial charge in [-0.2, -0.15) is 0 Å². The lowest BCUT2D eigenvalue weighted by Gasteiger charge is -2.19. The van der Waals surface area contributed by atoms with Gasteiger partial charge >= 0.3 is 5.97 Å². The number of hydrogen-bond acceptors (Lipinski definition) is 3. The number of esters is 1. The minimum atomic E-state index is -0.420. The number of rotatable bonds is 10. The molecule has 3 heteroatoms. The SMILES string of the molecule is CCCCCCC#CCOCc1ccc(CCC(=O)OC(C)(C)C)cc1. The summed E-state index contributed by atoms with van der Waals surface area (Å²) >= 11 is 0. The summed E-state index contributed by atoms with van der Waals surface area (Å²) in [5.41, 5.74) is 1.83. The van der Waals surface area contributed by atoms with Crippen LogP contribution in [0, 0.1) is 11.8 Å². The molecule has 1 rings (SSSR count). The molecule has 0 saturated carbocycles. The first-order valence-corrected chi connectivity index (χ1v) is 9.74. The van der Waals surface area contributed by atoms with Gasteiger partial charge < -0.3 is 9.47 Å². The van der Waals surface area contributed by atoms with Crippen LogP contribution in [0.3, 0.4) is 0 Å². The fourth-order valence-corrected chi connectivity index (χ4v) is 2.44. The van der Waals surface area contributed by atoms with Crippen molar-refractivity contribution in [3.05, 3.63) is 35.4 Å². The number of carbonyl (C=O) groups is 1. The maximum atomic E-state index is 11.7. The first-order valence-electron chi connectivity index (χ1n) is 9.74. The molecule has 1 aromatic rings. The van der Waals surface area contributed by atoms with Crippen LogP contribution < -0.4 is 0 Å². The van der Waals surface area contributed by atoms with E-state index in [4.69, 9.17) is 9.47 Å². The third kappa shape index (κ3) is 11.7. The fourth-order valence-electron chi connectivity index (χ4n) is 2.44. The van der Waals surface area contributed by atoms with E-state index in [0.29, 0.717) is 26.1 Å². The molecule has 26 heavy (non-hydrogen) atoms. The molecular formula is C23H34O3. The van der Waals surface area contributed by atoms with Crippen LogP contribution in [-0.2, 0) is 27.3 Å². The zero-order valence-corrected chi connectivity index (χ0v) is 16.9. The number of carbonyl (C=O) groups excluding carboxylic acids is 1. The number of hydrogen-bond donors (Lipinski definition) is 0. The zero-order chi connectivity index (χ0) is 19.3. The van der Waals surface area contributed by atoms with Crippen LogP contribution in [0.15, 0.2) is 24.3 Å². The molecule has 0 fully saturated rings. The van der Waals surface area contributed by atoms with Crippen LogP contribution in [0.25, 0.3) is 0 Å². The molecule has 0 radical (unpaired) electrons. The normalized spacial score (nSPS) is 10.9. The maximum absolute atomic E-state index is 11.7. The van der Waals surface area contributed by atoms with Crippen LogP contribution in [0.4, 0.5) is 0 Å². The van der Waals surface area contributed by atoms with Gasteiger partial charge in [-0.25, -0.2) is 0 Å². The van der Waals surface area contributed by atoms with Gasteiger partial charge in [0.15, 0.2) is 0 Å². The van der Waals surface area contributed by atoms with Crippen molar-refractivity contribution in [1.29, 1.82) is 0 Å². The van der Waals surface area contributed by atoms with Crippen molar-refractivity contribution in [2.75, 3.05) is 6.61 Å². The summed E-state index contributed by atoms with van der Waals surface area (Å²) in [4.78, 5) is 11.7. The van der Waals surface area contributed by atoms with Gasteiger partial charge in [0.1, 0.15) is 12.2 Å². The highest BCUT2D eigenvalue weighted by Gasteiger charge is 2.15. The van der Waals surface area contributed by atoms with Gasteiger partial charge in [0.05, 0.1) is 6.61 Å². The Morgan fingerprint density at radius 2 is 1.69 bits per heavy atom. The second kappa shape index (κ2) is 12.5. The molecule has 144 valence electrons. The number of aryl methyl sites for hydroxylation is 1. The Hall–Kier alpha value is -1.79. The Balaban J connectivity index is 2.20. The van der Waals surface area contributed by atoms with Crippen molar-refractivity contribution in [3.63, 3.8) is 0 Å². The lowest BCUT2D eigenvalue weighted by Crippen LogP contribution is -2.23. The smallest absolute Gasteiger partial charge is 0.306 e. The Morgan fingerprint density at radius 3 is 2.35 bits per heavy atom. The predicted molar refractivity (Wildman–Crippen MR) is 107 cm³/mol. The molecule has 0 spiro atoms. The van der Waals surface area contributed by atoms with Crippen molar-refractivity contribution in [2.45, 2.75) is 84.8 Å². The van der Waals surface area contributed by atoms with E-state index < -0.39 is 5.60 Å². The van der Waals surface area contributed by atoms with Crippen LogP contribution in [-0.4, -0.2) is 18.2 Å². The second-order valence-corrected chi connectivity index (χ2v) is 7.56. The largest absolute Gasteiger partial charge is 0.460 e. The van der Waals surface area contributed by atoms with Gasteiger partial charge in [-0.3, -0.25) is 4.79 Å². The molecule has 0 aromatic heterocycles. The Bertz CT molecular complexity index is 570. The van der Waals surface area contributed by atoms with E-state index in [1.807, 2.05) is 45.0 Å². The molecule has 0 aliphatic heterocycles. The topological polar surface area (TPSA) is 35.5 Å². The van der Waals surface area contributed by atoms with Crippen molar-refractivity contribution in [3.8, 4) is 11.8 Å². The van der Waals surface area contributed by atoms with Gasteiger partial charge in [-0.15, -0.1) is 5.92 Å². The molecule has 0 saturated heterocycles. The van der Waals surface area contributed by atoms with Gasteiger partial charge in [-0.1, -0.05) is 56.4 Å². The average molecular weight is 359 g/mol. The minimum Gasteiger partial charge on any atom is -0.460 e. The van der Waals surface area contributed by atoms with Gasteiger partial charge in [0.25, 0.3) is 0 Å². The van der Waals surface area contributed by atoms with E-state index >= 15 is 0 Å². The van der Waals surface area contributed by atoms with Gasteiger partial charge in [-0.05, 0) is 44.7 Å². The summed E-state index contributed by atoms with van der Waals surface area (Å²) in [6.07, 6.45) is 7.08. The second-order valence-electron chi connectivity index (χ2n) is 7.56. The van der Waals surface area contributed by atoms with Gasteiger partial charge in [0, 0.05) is 12.8 Å². The molecule has 0 aliphatic carbocycles. The van der Waals surface area contributed by atoms with Crippen molar-refractivity contribution >= 4 is 5.97 Å². The molecule has 0 aliphatic rings. The molecular weight excluding hydrogens is 324 g/mol. The summed E-state index contributed by atoms with van der Waals surface area (Å²) in [5.74, 6) is 6.08. The summed E-state index contributed by atoms with van der Waals surface area (Å²) in [7, 11) is 0. The summed E-state index contributed by atoms with van der Waals surface area (Å²) in [6.45, 7) is 8.92. The van der Waals surface area contributed by atoms with E-state index in [-0.39, 0.29) is 5.97 Å². The molecule has 0 bridgehead atoms. The van der Waals surface area contributed by atoms with E-state index in [0.717, 1.165) is 17.5 Å². The van der Waals surface area contributed by atoms with Crippen molar-refractivity contribution < 1.29 is 14.3 Å². The predicted octanol–water partition coefficient (Wildman–Crippen LogP) is 5.45. The molecule has 3 nitrogen and oxygen atoms in total. The van der Waals surface area contributed by atoms with E-state index in [2.05, 4.69) is 18.8 Å². The van der Waals surface area contributed by atoms with E-state index in [1.54, 1.807) is 0 Å². The molecule has 0 amide bonds. The van der Waals surface area contributed by atoms with Crippen LogP contribution in [0.5, 0.6) is 0 Å². The van der Waals surface area contributed by atoms with Crippen LogP contribution in [0.2, 0.25) is 0 Å². The maximum Gasteiger partial charge on any atom is 0.306 e. The summed E-state index contributed by atoms with van der Waals surface area (Å²) in [6, 6.07) is 8.18. The first-order chi connectivity index (χ1) is 12.4. The van der Waals surface area contributed by atoms with E-state index in [1.165, 1.54) is 25.7 Å². The average Bonchev–Trinajstić information content (AvgIpc) is 2.58. The third-order valence-corrected chi connectivity index (χ3v) is 3.78. The number of ether oxygens (including phenoxy) is 2. The molecule has 0 N–H and O–H groups in total. The van der Waals surface area contributed by atoms with E-state index in [9.17, 15) is 4.79 Å². The number of benzene rings is 1.